The number of fused-ring (bicyclic) bond motifs is 1. The van der Waals surface area contributed by atoms with E-state index in [4.69, 9.17) is 47.4 Å². The first kappa shape index (κ1) is 50.5. The summed E-state index contributed by atoms with van der Waals surface area (Å²) in [7, 11) is 7.29. The lowest BCUT2D eigenvalue weighted by molar-refractivity contribution is -0.321. The zero-order valence-corrected chi connectivity index (χ0v) is 38.7. The number of likely N-dealkylation sites (N-methyl/N-ethyl adjacent to an activating group) is 2. The fourth-order valence-electron chi connectivity index (χ4n) is 10.1. The lowest BCUT2D eigenvalue weighted by atomic mass is 9.77. The average molecular weight is 861 g/mol. The molecule has 348 valence electrons. The normalized spacial score (nSPS) is 45.1. The average Bonchev–Trinajstić information content (AvgIpc) is 3.47. The summed E-state index contributed by atoms with van der Waals surface area (Å²) in [6.07, 6.45) is -7.66. The van der Waals surface area contributed by atoms with Crippen molar-refractivity contribution in [2.45, 2.75) is 192 Å². The Bertz CT molecular complexity index is 1440. The van der Waals surface area contributed by atoms with E-state index >= 15 is 0 Å². The maximum atomic E-state index is 14.6. The minimum atomic E-state index is -1.60. The summed E-state index contributed by atoms with van der Waals surface area (Å²) in [4.78, 5) is 44.1. The third-order valence-electron chi connectivity index (χ3n) is 13.3. The number of rotatable bonds is 11. The summed E-state index contributed by atoms with van der Waals surface area (Å²) in [5.74, 6) is -3.09. The van der Waals surface area contributed by atoms with E-state index in [-0.39, 0.29) is 50.2 Å². The quantitative estimate of drug-likeness (QED) is 0.226. The van der Waals surface area contributed by atoms with Gasteiger partial charge in [0.25, 0.3) is 0 Å². The van der Waals surface area contributed by atoms with Gasteiger partial charge >= 0.3 is 18.1 Å². The van der Waals surface area contributed by atoms with Crippen molar-refractivity contribution in [3.63, 3.8) is 0 Å². The van der Waals surface area contributed by atoms with Crippen LogP contribution in [0.15, 0.2) is 0 Å². The molecular formula is C43H76N2O15. The van der Waals surface area contributed by atoms with E-state index in [2.05, 4.69) is 0 Å². The SMILES string of the molecule is CC[C@H]1OC(=O)[C@H](C)[C@@H](O[C@H]2C[C@@](C)(OC)[C@@H](OCCO)[C@H](C)O2)[C@H](C)[C@@H](O[C@@H]2O[C@H](C)C[C@H](N(C)C)[C@H]2OC(C)=O)[C@](C)(O)C[C@@H](C)CN(C)[C@H](C)[C@H]2OC(=O)O[C@@]21C. The highest BCUT2D eigenvalue weighted by Gasteiger charge is 2.58. The van der Waals surface area contributed by atoms with Crippen LogP contribution >= 0.6 is 0 Å². The van der Waals surface area contributed by atoms with Crippen molar-refractivity contribution in [3.8, 4) is 0 Å². The summed E-state index contributed by atoms with van der Waals surface area (Å²) in [5, 5.41) is 22.4. The van der Waals surface area contributed by atoms with Gasteiger partial charge in [0.2, 0.25) is 0 Å². The number of hydrogen-bond donors (Lipinski definition) is 2. The second-order valence-corrected chi connectivity index (χ2v) is 18.7. The number of aliphatic hydroxyl groups excluding tert-OH is 1. The first-order valence-corrected chi connectivity index (χ1v) is 21.7. The van der Waals surface area contributed by atoms with Gasteiger partial charge in [-0.3, -0.25) is 14.5 Å². The van der Waals surface area contributed by atoms with Gasteiger partial charge in [-0.2, -0.15) is 0 Å². The van der Waals surface area contributed by atoms with Crippen LogP contribution in [0.1, 0.15) is 102 Å². The maximum Gasteiger partial charge on any atom is 0.509 e. The Morgan fingerprint density at radius 3 is 2.22 bits per heavy atom. The highest BCUT2D eigenvalue weighted by atomic mass is 16.8. The Morgan fingerprint density at radius 2 is 1.63 bits per heavy atom. The number of carbonyl (C=O) groups is 3. The molecule has 0 aromatic carbocycles. The Morgan fingerprint density at radius 1 is 0.967 bits per heavy atom. The molecule has 0 aromatic rings. The van der Waals surface area contributed by atoms with Gasteiger partial charge in [-0.1, -0.05) is 20.8 Å². The van der Waals surface area contributed by atoms with Crippen molar-refractivity contribution >= 4 is 18.1 Å². The molecule has 0 spiro atoms. The monoisotopic (exact) mass is 861 g/mol. The van der Waals surface area contributed by atoms with E-state index < -0.39 is 102 Å². The predicted octanol–water partition coefficient (Wildman–Crippen LogP) is 3.67. The fourth-order valence-corrected chi connectivity index (χ4v) is 10.1. The molecule has 4 heterocycles. The second kappa shape index (κ2) is 20.5. The molecule has 2 N–H and O–H groups in total. The lowest BCUT2D eigenvalue weighted by Gasteiger charge is -2.49. The zero-order chi connectivity index (χ0) is 45.1. The van der Waals surface area contributed by atoms with Crippen LogP contribution < -0.4 is 0 Å². The Balaban J connectivity index is 1.86. The van der Waals surface area contributed by atoms with Gasteiger partial charge in [-0.15, -0.1) is 0 Å². The number of cyclic esters (lactones) is 1. The van der Waals surface area contributed by atoms with Crippen LogP contribution in [0.25, 0.3) is 0 Å². The number of hydrogen-bond acceptors (Lipinski definition) is 17. The van der Waals surface area contributed by atoms with Crippen LogP contribution in [0.4, 0.5) is 4.79 Å². The molecular weight excluding hydrogens is 784 g/mol. The van der Waals surface area contributed by atoms with E-state index in [1.54, 1.807) is 27.9 Å². The third kappa shape index (κ3) is 11.3. The Labute approximate surface area is 357 Å². The number of ether oxygens (including phenoxy) is 10. The summed E-state index contributed by atoms with van der Waals surface area (Å²) in [6, 6.07) is -0.644. The maximum absolute atomic E-state index is 14.6. The largest absolute Gasteiger partial charge is 0.509 e. The van der Waals surface area contributed by atoms with Gasteiger partial charge in [0.1, 0.15) is 12.2 Å². The standard InChI is InChI=1S/C43H76N2O15/c1-16-31-43(11)36(59-40(49)60-43)27(6)45(14)22-23(2)20-41(9,50)35(58-39-34(55-29(8)47)30(44(12)13)19-24(3)53-39)25(4)33(26(5)38(48)56-31)57-32-21-42(10,51-15)37(28(7)54-32)52-18-17-46/h23-28,30-37,39,46,50H,16-22H2,1-15H3/t23-,24-,25+,26-,27-,28+,30+,31-,32+,33+,34-,35-,36-,37+,39+,41-,42-,43-/m1/s1. The fraction of sp³-hybridized carbons (Fsp3) is 0.930. The van der Waals surface area contributed by atoms with Crippen LogP contribution in [0.2, 0.25) is 0 Å². The van der Waals surface area contributed by atoms with E-state index in [0.29, 0.717) is 19.4 Å². The highest BCUT2D eigenvalue weighted by molar-refractivity contribution is 5.73. The molecule has 4 aliphatic rings. The Hall–Kier alpha value is -2.19. The molecule has 4 saturated heterocycles. The number of esters is 2. The minimum absolute atomic E-state index is 0.0794. The van der Waals surface area contributed by atoms with E-state index in [9.17, 15) is 24.6 Å². The van der Waals surface area contributed by atoms with E-state index in [0.717, 1.165) is 0 Å². The number of nitrogens with zero attached hydrogens (tertiary/aromatic N) is 2. The molecule has 18 atom stereocenters. The molecule has 0 aromatic heterocycles. The van der Waals surface area contributed by atoms with E-state index in [1.165, 1.54) is 6.92 Å². The molecule has 4 fully saturated rings. The molecule has 17 nitrogen and oxygen atoms in total. The number of methoxy groups -OCH3 is 1. The van der Waals surface area contributed by atoms with Crippen LogP contribution in [-0.2, 0) is 57.0 Å². The predicted molar refractivity (Wildman–Crippen MR) is 218 cm³/mol. The smallest absolute Gasteiger partial charge is 0.458 e. The van der Waals surface area contributed by atoms with Crippen LogP contribution in [0, 0.1) is 17.8 Å². The molecule has 4 aliphatic heterocycles. The van der Waals surface area contributed by atoms with E-state index in [1.807, 2.05) is 79.4 Å². The number of carbonyl (C=O) groups excluding carboxylic acids is 3. The van der Waals surface area contributed by atoms with Gasteiger partial charge in [0.15, 0.2) is 30.4 Å². The molecule has 17 heteroatoms. The van der Waals surface area contributed by atoms with Crippen LogP contribution in [0.3, 0.4) is 0 Å². The first-order valence-electron chi connectivity index (χ1n) is 21.7. The summed E-state index contributed by atoms with van der Waals surface area (Å²) < 4.78 is 62.7. The lowest BCUT2D eigenvalue weighted by Crippen LogP contribution is -2.61. The molecule has 4 rings (SSSR count). The van der Waals surface area contributed by atoms with Gasteiger partial charge in [0.05, 0.1) is 60.8 Å². The molecule has 0 radical (unpaired) electrons. The summed E-state index contributed by atoms with van der Waals surface area (Å²) in [5.41, 5.74) is -3.84. The second-order valence-electron chi connectivity index (χ2n) is 18.7. The Kier molecular flexibility index (Phi) is 17.3. The summed E-state index contributed by atoms with van der Waals surface area (Å²) in [6.45, 7) is 20.1. The van der Waals surface area contributed by atoms with Crippen molar-refractivity contribution in [3.05, 3.63) is 0 Å². The molecule has 0 saturated carbocycles. The summed E-state index contributed by atoms with van der Waals surface area (Å²) >= 11 is 0. The first-order chi connectivity index (χ1) is 27.9. The van der Waals surface area contributed by atoms with Crippen LogP contribution in [0.5, 0.6) is 0 Å². The zero-order valence-electron chi connectivity index (χ0n) is 38.7. The third-order valence-corrected chi connectivity index (χ3v) is 13.3. The highest BCUT2D eigenvalue weighted by Crippen LogP contribution is 2.42. The molecule has 0 unspecified atom stereocenters. The molecule has 0 aliphatic carbocycles. The van der Waals surface area contributed by atoms with Gasteiger partial charge in [0, 0.05) is 39.0 Å². The van der Waals surface area contributed by atoms with Gasteiger partial charge in [-0.25, -0.2) is 4.79 Å². The van der Waals surface area contributed by atoms with Crippen molar-refractivity contribution in [1.29, 1.82) is 0 Å². The molecule has 0 bridgehead atoms. The van der Waals surface area contributed by atoms with Crippen molar-refractivity contribution < 1.29 is 72.0 Å². The van der Waals surface area contributed by atoms with Gasteiger partial charge < -0.3 is 62.5 Å². The topological polar surface area (TPSA) is 190 Å². The van der Waals surface area contributed by atoms with Crippen molar-refractivity contribution in [2.75, 3.05) is 48.0 Å². The van der Waals surface area contributed by atoms with Crippen molar-refractivity contribution in [2.24, 2.45) is 17.8 Å². The number of aliphatic hydroxyl groups is 2. The molecule has 60 heavy (non-hydrogen) atoms. The molecule has 0 amide bonds. The van der Waals surface area contributed by atoms with Gasteiger partial charge in [-0.05, 0) is 94.8 Å². The van der Waals surface area contributed by atoms with Crippen molar-refractivity contribution in [1.82, 2.24) is 9.80 Å². The van der Waals surface area contributed by atoms with Crippen LogP contribution in [-0.4, -0.2) is 176 Å². The minimum Gasteiger partial charge on any atom is -0.458 e.